The minimum Gasteiger partial charge on any atom is -0.446 e. The van der Waals surface area contributed by atoms with Gasteiger partial charge in [0.15, 0.2) is 0 Å². The summed E-state index contributed by atoms with van der Waals surface area (Å²) in [6.07, 6.45) is -1.31. The summed E-state index contributed by atoms with van der Waals surface area (Å²) in [5, 5.41) is 0. The lowest BCUT2D eigenvalue weighted by atomic mass is 10.2. The Labute approximate surface area is 120 Å². The van der Waals surface area contributed by atoms with Gasteiger partial charge >= 0.3 is 16.3 Å². The number of hydrogen-bond donors (Lipinski definition) is 2. The first-order chi connectivity index (χ1) is 9.26. The van der Waals surface area contributed by atoms with Crippen LogP contribution in [0.5, 0.6) is 0 Å². The monoisotopic (exact) mass is 308 g/mol. The summed E-state index contributed by atoms with van der Waals surface area (Å²) in [5.74, 6) is 0. The highest BCUT2D eigenvalue weighted by molar-refractivity contribution is 7.87. The van der Waals surface area contributed by atoms with E-state index in [0.717, 1.165) is 0 Å². The Morgan fingerprint density at radius 2 is 1.80 bits per heavy atom. The third-order valence-electron chi connectivity index (χ3n) is 3.13. The lowest BCUT2D eigenvalue weighted by Crippen LogP contribution is -2.55. The predicted molar refractivity (Wildman–Crippen MR) is 75.3 cm³/mol. The van der Waals surface area contributed by atoms with E-state index in [-0.39, 0.29) is 12.1 Å². The van der Waals surface area contributed by atoms with Crippen LogP contribution in [0, 0.1) is 0 Å². The molecule has 1 fully saturated rings. The molecule has 9 heteroatoms. The van der Waals surface area contributed by atoms with E-state index in [2.05, 4.69) is 4.90 Å². The lowest BCUT2D eigenvalue weighted by molar-refractivity contribution is 0.119. The zero-order valence-electron chi connectivity index (χ0n) is 12.2. The van der Waals surface area contributed by atoms with Crippen molar-refractivity contribution in [1.82, 2.24) is 13.9 Å². The summed E-state index contributed by atoms with van der Waals surface area (Å²) in [6, 6.07) is 0.221. The molecule has 1 aliphatic rings. The molecule has 0 aromatic carbocycles. The normalized spacial score (nSPS) is 19.9. The Balaban J connectivity index is 2.52. The van der Waals surface area contributed by atoms with Crippen molar-refractivity contribution < 1.29 is 17.9 Å². The van der Waals surface area contributed by atoms with Crippen molar-refractivity contribution in [3.05, 3.63) is 0 Å². The summed E-state index contributed by atoms with van der Waals surface area (Å²) >= 11 is 0. The highest BCUT2D eigenvalue weighted by atomic mass is 32.2. The van der Waals surface area contributed by atoms with Crippen molar-refractivity contribution in [3.63, 3.8) is 0 Å². The fraction of sp³-hybridized carbons (Fsp3) is 0.909. The molecule has 0 aliphatic carbocycles. The molecular formula is C11H24N4O4S. The second kappa shape index (κ2) is 7.21. The van der Waals surface area contributed by atoms with E-state index in [1.807, 2.05) is 11.6 Å². The van der Waals surface area contributed by atoms with Gasteiger partial charge in [-0.1, -0.05) is 0 Å². The molecule has 1 atom stereocenters. The summed E-state index contributed by atoms with van der Waals surface area (Å²) in [4.78, 5) is 13.5. The largest absolute Gasteiger partial charge is 0.446 e. The van der Waals surface area contributed by atoms with Crippen LogP contribution >= 0.6 is 0 Å². The van der Waals surface area contributed by atoms with Gasteiger partial charge in [-0.05, 0) is 20.8 Å². The van der Waals surface area contributed by atoms with Gasteiger partial charge in [0.05, 0.1) is 6.10 Å². The third-order valence-corrected chi connectivity index (χ3v) is 4.60. The highest BCUT2D eigenvalue weighted by Crippen LogP contribution is 2.09. The van der Waals surface area contributed by atoms with Crippen LogP contribution in [0.4, 0.5) is 4.79 Å². The average molecular weight is 308 g/mol. The molecule has 0 radical (unpaired) electrons. The van der Waals surface area contributed by atoms with E-state index in [9.17, 15) is 13.2 Å². The van der Waals surface area contributed by atoms with E-state index < -0.39 is 16.3 Å². The molecule has 0 aromatic rings. The molecule has 1 heterocycles. The van der Waals surface area contributed by atoms with Crippen LogP contribution in [-0.4, -0.2) is 68.6 Å². The molecule has 8 nitrogen and oxygen atoms in total. The standard InChI is InChI=1S/C11H24N4O4S/c1-9(2)19-11(16)13-20(17,18)15-6-4-14(5-7-15)10(3)8-12/h9-10H,4-8,12H2,1-3H3,(H,13,16). The van der Waals surface area contributed by atoms with Crippen LogP contribution in [0.25, 0.3) is 0 Å². The minimum atomic E-state index is -3.83. The Hall–Kier alpha value is -0.900. The molecule has 0 spiro atoms. The van der Waals surface area contributed by atoms with Crippen LogP contribution in [-0.2, 0) is 14.9 Å². The minimum absolute atomic E-state index is 0.221. The molecule has 0 aromatic heterocycles. The van der Waals surface area contributed by atoms with Crippen molar-refractivity contribution in [2.24, 2.45) is 5.73 Å². The number of nitrogens with two attached hydrogens (primary N) is 1. The number of rotatable bonds is 5. The molecule has 1 aliphatic heterocycles. The Bertz CT molecular complexity index is 418. The lowest BCUT2D eigenvalue weighted by Gasteiger charge is -2.36. The summed E-state index contributed by atoms with van der Waals surface area (Å²) < 4.78 is 31.9. The number of nitrogens with one attached hydrogen (secondary N) is 1. The van der Waals surface area contributed by atoms with Gasteiger partial charge in [-0.2, -0.15) is 12.7 Å². The molecule has 3 N–H and O–H groups in total. The number of amides is 1. The zero-order chi connectivity index (χ0) is 15.3. The summed E-state index contributed by atoms with van der Waals surface area (Å²) in [7, 11) is -3.83. The first-order valence-corrected chi connectivity index (χ1v) is 8.13. The average Bonchev–Trinajstić information content (AvgIpc) is 2.36. The SMILES string of the molecule is CC(C)OC(=O)NS(=O)(=O)N1CCN(C(C)CN)CC1. The van der Waals surface area contributed by atoms with Crippen LogP contribution in [0.15, 0.2) is 0 Å². The fourth-order valence-electron chi connectivity index (χ4n) is 1.94. The smallest absolute Gasteiger partial charge is 0.422 e. The third kappa shape index (κ3) is 4.89. The molecule has 1 rings (SSSR count). The maximum atomic E-state index is 12.0. The number of ether oxygens (including phenoxy) is 1. The quantitative estimate of drug-likeness (QED) is 0.698. The van der Waals surface area contributed by atoms with Gasteiger partial charge in [0, 0.05) is 38.8 Å². The summed E-state index contributed by atoms with van der Waals surface area (Å²) in [6.45, 7) is 7.69. The van der Waals surface area contributed by atoms with Gasteiger partial charge in [0.25, 0.3) is 0 Å². The molecular weight excluding hydrogens is 284 g/mol. The van der Waals surface area contributed by atoms with Crippen LogP contribution < -0.4 is 10.5 Å². The van der Waals surface area contributed by atoms with Crippen molar-refractivity contribution in [2.45, 2.75) is 32.9 Å². The van der Waals surface area contributed by atoms with Gasteiger partial charge in [-0.25, -0.2) is 9.52 Å². The summed E-state index contributed by atoms with van der Waals surface area (Å²) in [5.41, 5.74) is 5.59. The van der Waals surface area contributed by atoms with E-state index >= 15 is 0 Å². The predicted octanol–water partition coefficient (Wildman–Crippen LogP) is -0.669. The van der Waals surface area contributed by atoms with Gasteiger partial charge in [-0.3, -0.25) is 4.90 Å². The highest BCUT2D eigenvalue weighted by Gasteiger charge is 2.30. The first-order valence-electron chi connectivity index (χ1n) is 6.69. The van der Waals surface area contributed by atoms with Gasteiger partial charge in [0.1, 0.15) is 0 Å². The number of carbonyl (C=O) groups excluding carboxylic acids is 1. The van der Waals surface area contributed by atoms with Crippen LogP contribution in [0.2, 0.25) is 0 Å². The number of carbonyl (C=O) groups is 1. The zero-order valence-corrected chi connectivity index (χ0v) is 13.0. The second-order valence-electron chi connectivity index (χ2n) is 5.08. The second-order valence-corrected chi connectivity index (χ2v) is 6.75. The van der Waals surface area contributed by atoms with Gasteiger partial charge < -0.3 is 10.5 Å². The number of piperazine rings is 1. The Morgan fingerprint density at radius 3 is 2.25 bits per heavy atom. The molecule has 1 saturated heterocycles. The Morgan fingerprint density at radius 1 is 1.25 bits per heavy atom. The number of hydrogen-bond acceptors (Lipinski definition) is 6. The molecule has 1 unspecified atom stereocenters. The van der Waals surface area contributed by atoms with E-state index in [1.54, 1.807) is 13.8 Å². The maximum absolute atomic E-state index is 12.0. The van der Waals surface area contributed by atoms with Crippen LogP contribution in [0.3, 0.4) is 0 Å². The van der Waals surface area contributed by atoms with Crippen molar-refractivity contribution in [3.8, 4) is 0 Å². The van der Waals surface area contributed by atoms with E-state index in [4.69, 9.17) is 10.5 Å². The van der Waals surface area contributed by atoms with E-state index in [0.29, 0.717) is 32.7 Å². The fourth-order valence-corrected chi connectivity index (χ4v) is 2.97. The maximum Gasteiger partial charge on any atom is 0.422 e. The van der Waals surface area contributed by atoms with Gasteiger partial charge in [0.2, 0.25) is 0 Å². The van der Waals surface area contributed by atoms with Crippen LogP contribution in [0.1, 0.15) is 20.8 Å². The molecule has 1 amide bonds. The topological polar surface area (TPSA) is 105 Å². The molecule has 0 saturated carbocycles. The van der Waals surface area contributed by atoms with Crippen molar-refractivity contribution >= 4 is 16.3 Å². The van der Waals surface area contributed by atoms with Crippen molar-refractivity contribution in [1.29, 1.82) is 0 Å². The molecule has 0 bridgehead atoms. The molecule has 20 heavy (non-hydrogen) atoms. The number of nitrogens with zero attached hydrogens (tertiary/aromatic N) is 2. The van der Waals surface area contributed by atoms with Gasteiger partial charge in [-0.15, -0.1) is 0 Å². The van der Waals surface area contributed by atoms with Crippen molar-refractivity contribution in [2.75, 3.05) is 32.7 Å². The first kappa shape index (κ1) is 17.2. The Kier molecular flexibility index (Phi) is 6.18. The molecule has 118 valence electrons. The van der Waals surface area contributed by atoms with E-state index in [1.165, 1.54) is 4.31 Å².